The van der Waals surface area contributed by atoms with Crippen LogP contribution in [0, 0.1) is 40.4 Å². The van der Waals surface area contributed by atoms with Gasteiger partial charge in [-0.3, -0.25) is 4.79 Å². The van der Waals surface area contributed by atoms with Crippen molar-refractivity contribution >= 4 is 12.0 Å². The maximum atomic E-state index is 12.6. The van der Waals surface area contributed by atoms with E-state index in [-0.39, 0.29) is 36.2 Å². The maximum Gasteiger partial charge on any atom is 0.407 e. The monoisotopic (exact) mass is 612 g/mol. The predicted molar refractivity (Wildman–Crippen MR) is 177 cm³/mol. The van der Waals surface area contributed by atoms with E-state index in [0.717, 1.165) is 87.5 Å². The molecule has 2 amide bonds. The molecule has 250 valence electrons. The third-order valence-corrected chi connectivity index (χ3v) is 13.4. The van der Waals surface area contributed by atoms with E-state index in [1.165, 1.54) is 57.8 Å². The second-order valence-corrected chi connectivity index (χ2v) is 16.3. The van der Waals surface area contributed by atoms with Gasteiger partial charge in [-0.1, -0.05) is 65.0 Å². The zero-order valence-electron chi connectivity index (χ0n) is 28.6. The summed E-state index contributed by atoms with van der Waals surface area (Å²) in [7, 11) is 0. The summed E-state index contributed by atoms with van der Waals surface area (Å²) in [6.07, 6.45) is 22.9. The molecule has 0 spiro atoms. The number of rotatable bonds is 13. The minimum atomic E-state index is -0.286. The van der Waals surface area contributed by atoms with Crippen LogP contribution in [0.5, 0.6) is 0 Å². The number of ether oxygens (including phenoxy) is 1. The molecule has 4 fully saturated rings. The highest BCUT2D eigenvalue weighted by atomic mass is 16.6. The van der Waals surface area contributed by atoms with Crippen molar-refractivity contribution in [3.05, 3.63) is 11.6 Å². The van der Waals surface area contributed by atoms with Crippen molar-refractivity contribution in [2.75, 3.05) is 19.7 Å². The fraction of sp³-hybridized carbons (Fsp3) is 0.895. The summed E-state index contributed by atoms with van der Waals surface area (Å²) in [6.45, 7) is 11.4. The first-order valence-corrected chi connectivity index (χ1v) is 18.7. The molecule has 6 nitrogen and oxygen atoms in total. The smallest absolute Gasteiger partial charge is 0.407 e. The fourth-order valence-electron chi connectivity index (χ4n) is 10.7. The van der Waals surface area contributed by atoms with Crippen LogP contribution in [-0.4, -0.2) is 53.8 Å². The molecule has 1 heterocycles. The Labute approximate surface area is 268 Å². The van der Waals surface area contributed by atoms with Gasteiger partial charge in [-0.05, 0) is 117 Å². The number of unbranched alkanes of at least 4 members (excludes halogenated alkanes) is 3. The average molecular weight is 613 g/mol. The van der Waals surface area contributed by atoms with Gasteiger partial charge in [0.25, 0.3) is 0 Å². The molecule has 4 unspecified atom stereocenters. The van der Waals surface area contributed by atoms with E-state index >= 15 is 0 Å². The number of hydrogen-bond donors (Lipinski definition) is 2. The summed E-state index contributed by atoms with van der Waals surface area (Å²) < 4.78 is 5.94. The minimum Gasteiger partial charge on any atom is -0.446 e. The van der Waals surface area contributed by atoms with Crippen molar-refractivity contribution < 1.29 is 19.4 Å². The molecule has 44 heavy (non-hydrogen) atoms. The van der Waals surface area contributed by atoms with E-state index in [4.69, 9.17) is 4.74 Å². The molecule has 1 saturated heterocycles. The molecule has 4 aliphatic carbocycles. The summed E-state index contributed by atoms with van der Waals surface area (Å²) in [5.74, 6) is 4.44. The highest BCUT2D eigenvalue weighted by molar-refractivity contribution is 5.76. The second-order valence-electron chi connectivity index (χ2n) is 16.3. The van der Waals surface area contributed by atoms with Crippen molar-refractivity contribution in [3.8, 4) is 0 Å². The Morgan fingerprint density at radius 1 is 1.02 bits per heavy atom. The number of amides is 2. The predicted octanol–water partition coefficient (Wildman–Crippen LogP) is 8.42. The molecule has 0 aromatic carbocycles. The lowest BCUT2D eigenvalue weighted by molar-refractivity contribution is -0.132. The van der Waals surface area contributed by atoms with E-state index in [0.29, 0.717) is 18.4 Å². The highest BCUT2D eigenvalue weighted by Gasteiger charge is 2.58. The van der Waals surface area contributed by atoms with Gasteiger partial charge < -0.3 is 20.1 Å². The van der Waals surface area contributed by atoms with Crippen LogP contribution in [-0.2, 0) is 9.53 Å². The minimum absolute atomic E-state index is 0.00931. The lowest BCUT2D eigenvalue weighted by Crippen LogP contribution is -2.50. The Bertz CT molecular complexity index is 1010. The van der Waals surface area contributed by atoms with Gasteiger partial charge in [0, 0.05) is 25.9 Å². The van der Waals surface area contributed by atoms with Gasteiger partial charge in [0.1, 0.15) is 6.10 Å². The number of aliphatic hydroxyl groups is 1. The van der Waals surface area contributed by atoms with Crippen LogP contribution < -0.4 is 5.32 Å². The molecule has 5 rings (SSSR count). The van der Waals surface area contributed by atoms with Crippen molar-refractivity contribution in [2.45, 2.75) is 155 Å². The molecule has 0 bridgehead atoms. The van der Waals surface area contributed by atoms with E-state index in [2.05, 4.69) is 39.1 Å². The van der Waals surface area contributed by atoms with Crippen molar-refractivity contribution in [1.29, 1.82) is 0 Å². The number of allylic oxidation sites excluding steroid dienone is 1. The first-order valence-electron chi connectivity index (χ1n) is 18.7. The van der Waals surface area contributed by atoms with Gasteiger partial charge >= 0.3 is 6.09 Å². The highest BCUT2D eigenvalue weighted by Crippen LogP contribution is 2.66. The van der Waals surface area contributed by atoms with Gasteiger partial charge in [0.15, 0.2) is 0 Å². The number of hydrogen-bond acceptors (Lipinski definition) is 4. The van der Waals surface area contributed by atoms with Crippen LogP contribution in [0.25, 0.3) is 0 Å². The number of nitrogens with one attached hydrogen (secondary N) is 1. The van der Waals surface area contributed by atoms with Crippen molar-refractivity contribution in [2.24, 2.45) is 40.4 Å². The topological polar surface area (TPSA) is 78.9 Å². The van der Waals surface area contributed by atoms with Crippen molar-refractivity contribution in [1.82, 2.24) is 10.2 Å². The quantitative estimate of drug-likeness (QED) is 0.162. The molecule has 6 heteroatoms. The third-order valence-electron chi connectivity index (χ3n) is 13.4. The maximum absolute atomic E-state index is 12.6. The molecular formula is C38H64N2O4. The molecule has 1 aliphatic heterocycles. The molecule has 5 aliphatic rings. The number of carbonyl (C=O) groups excluding carboxylic acids is 2. The fourth-order valence-corrected chi connectivity index (χ4v) is 10.7. The summed E-state index contributed by atoms with van der Waals surface area (Å²) in [6, 6.07) is 0.00931. The number of nitrogens with zero attached hydrogens (tertiary/aromatic N) is 1. The summed E-state index contributed by atoms with van der Waals surface area (Å²) in [4.78, 5) is 26.9. The zero-order valence-corrected chi connectivity index (χ0v) is 28.6. The van der Waals surface area contributed by atoms with Gasteiger partial charge in [0.05, 0.1) is 12.6 Å². The Hall–Kier alpha value is -1.56. The standard InChI is InChI=1S/C38H64N2O4/c1-27(2)11-7-8-12-28-16-18-33-32-17-15-29-25-31(19-21-38(29,4)34(32)20-22-37(28,33)3)44-36(43)39-23-9-5-6-14-35(42)40-24-10-13-30(40)26-41/h15,27-28,30-34,41H,5-14,16-26H2,1-4H3,(H,39,43)/t28-,30-,31-,32?,33?,34?,37?,38-/m0/s1. The SMILES string of the molecule is CC(C)CCCC[C@H]1CCC2C3CC=C4C[C@@H](OC(=O)NCCCCCC(=O)N5CCC[C@H]5CO)CC[C@]4(C)C3CCC21C. The Kier molecular flexibility index (Phi) is 11.4. The van der Waals surface area contributed by atoms with Gasteiger partial charge in [0.2, 0.25) is 5.91 Å². The normalized spacial score (nSPS) is 36.4. The van der Waals surface area contributed by atoms with Gasteiger partial charge in [-0.2, -0.15) is 0 Å². The molecule has 2 N–H and O–H groups in total. The van der Waals surface area contributed by atoms with E-state index in [1.54, 1.807) is 5.57 Å². The second kappa shape index (κ2) is 14.9. The average Bonchev–Trinajstić information content (AvgIpc) is 3.61. The van der Waals surface area contributed by atoms with Gasteiger partial charge in [-0.15, -0.1) is 0 Å². The lowest BCUT2D eigenvalue weighted by Gasteiger charge is -2.58. The summed E-state index contributed by atoms with van der Waals surface area (Å²) in [5.41, 5.74) is 2.39. The van der Waals surface area contributed by atoms with E-state index in [1.807, 2.05) is 4.90 Å². The van der Waals surface area contributed by atoms with E-state index in [9.17, 15) is 14.7 Å². The number of carbonyl (C=O) groups is 2. The molecule has 0 aromatic rings. The molecule has 0 radical (unpaired) electrons. The zero-order chi connectivity index (χ0) is 31.3. The number of fused-ring (bicyclic) bond motifs is 5. The third kappa shape index (κ3) is 7.36. The summed E-state index contributed by atoms with van der Waals surface area (Å²) in [5, 5.41) is 12.4. The lowest BCUT2D eigenvalue weighted by atomic mass is 9.47. The van der Waals surface area contributed by atoms with Crippen LogP contribution in [0.15, 0.2) is 11.6 Å². The number of likely N-dealkylation sites (tertiary alicyclic amines) is 1. The van der Waals surface area contributed by atoms with E-state index < -0.39 is 0 Å². The van der Waals surface area contributed by atoms with Crippen LogP contribution in [0.2, 0.25) is 0 Å². The molecule has 8 atom stereocenters. The van der Waals surface area contributed by atoms with Crippen LogP contribution in [0.3, 0.4) is 0 Å². The Balaban J connectivity index is 1.03. The molecular weight excluding hydrogens is 548 g/mol. The van der Waals surface area contributed by atoms with Crippen LogP contribution in [0.1, 0.15) is 143 Å². The molecule has 3 saturated carbocycles. The number of alkyl carbamates (subject to hydrolysis) is 1. The Morgan fingerprint density at radius 3 is 2.66 bits per heavy atom. The number of aliphatic hydroxyl groups excluding tert-OH is 1. The van der Waals surface area contributed by atoms with Crippen LogP contribution >= 0.6 is 0 Å². The summed E-state index contributed by atoms with van der Waals surface area (Å²) >= 11 is 0. The van der Waals surface area contributed by atoms with Crippen LogP contribution in [0.4, 0.5) is 4.79 Å². The van der Waals surface area contributed by atoms with Gasteiger partial charge in [-0.25, -0.2) is 4.79 Å². The molecule has 0 aromatic heterocycles. The first-order chi connectivity index (χ1) is 21.2. The first kappa shape index (κ1) is 33.8. The largest absolute Gasteiger partial charge is 0.446 e. The Morgan fingerprint density at radius 2 is 1.86 bits per heavy atom. The van der Waals surface area contributed by atoms with Crippen molar-refractivity contribution in [3.63, 3.8) is 0 Å².